The summed E-state index contributed by atoms with van der Waals surface area (Å²) in [6.45, 7) is 4.32. The molecule has 0 spiro atoms. The molecule has 2 rings (SSSR count). The Morgan fingerprint density at radius 1 is 1.00 bits per heavy atom. The topological polar surface area (TPSA) is 0 Å². The number of fused-ring (bicyclic) bond motifs is 1. The van der Waals surface area contributed by atoms with Crippen molar-refractivity contribution < 1.29 is 0 Å². The number of hydrogen-bond acceptors (Lipinski definition) is 0. The van der Waals surface area contributed by atoms with Crippen LogP contribution in [-0.4, -0.2) is 0 Å². The van der Waals surface area contributed by atoms with Gasteiger partial charge >= 0.3 is 0 Å². The third-order valence-corrected chi connectivity index (χ3v) is 1.82. The average Bonchev–Trinajstić information content (AvgIpc) is 1.63. The SMILES string of the molecule is Cc1cc2cc(C)c1-2.S. The van der Waals surface area contributed by atoms with E-state index in [1.807, 2.05) is 0 Å². The molecule has 0 saturated heterocycles. The van der Waals surface area contributed by atoms with Crippen LogP contribution in [0.4, 0.5) is 0 Å². The Morgan fingerprint density at radius 2 is 1.44 bits per heavy atom. The minimum Gasteiger partial charge on any atom is -0.197 e. The van der Waals surface area contributed by atoms with Crippen LogP contribution in [0.5, 0.6) is 0 Å². The molecule has 0 nitrogen and oxygen atoms in total. The molecule has 0 radical (unpaired) electrons. The first-order valence-corrected chi connectivity index (χ1v) is 2.90. The van der Waals surface area contributed by atoms with Crippen LogP contribution < -0.4 is 0 Å². The van der Waals surface area contributed by atoms with Crippen molar-refractivity contribution in [2.45, 2.75) is 13.8 Å². The summed E-state index contributed by atoms with van der Waals surface area (Å²) < 4.78 is 0. The van der Waals surface area contributed by atoms with E-state index in [1.54, 1.807) is 0 Å². The van der Waals surface area contributed by atoms with Gasteiger partial charge in [-0.1, -0.05) is 12.1 Å². The Bertz CT molecular complexity index is 228. The number of benzene rings is 1. The van der Waals surface area contributed by atoms with Crippen LogP contribution in [0.25, 0.3) is 11.1 Å². The van der Waals surface area contributed by atoms with Crippen LogP contribution in [0.3, 0.4) is 0 Å². The average molecular weight is 138 g/mol. The van der Waals surface area contributed by atoms with Gasteiger partial charge in [-0.15, -0.1) is 0 Å². The molecule has 0 N–H and O–H groups in total. The zero-order valence-corrected chi connectivity index (χ0v) is 6.65. The van der Waals surface area contributed by atoms with Crippen LogP contribution in [0.2, 0.25) is 0 Å². The zero-order valence-electron chi connectivity index (χ0n) is 5.65. The van der Waals surface area contributed by atoms with Gasteiger partial charge in [0.05, 0.1) is 0 Å². The molecular formula is C8H10S. The van der Waals surface area contributed by atoms with Gasteiger partial charge in [-0.2, -0.15) is 13.5 Å². The van der Waals surface area contributed by atoms with Crippen molar-refractivity contribution >= 4 is 13.5 Å². The van der Waals surface area contributed by atoms with Crippen molar-refractivity contribution in [2.75, 3.05) is 0 Å². The maximum atomic E-state index is 2.22. The molecule has 0 saturated carbocycles. The molecule has 9 heavy (non-hydrogen) atoms. The van der Waals surface area contributed by atoms with Crippen LogP contribution in [0, 0.1) is 13.8 Å². The third-order valence-electron chi connectivity index (χ3n) is 1.82. The van der Waals surface area contributed by atoms with E-state index < -0.39 is 0 Å². The van der Waals surface area contributed by atoms with E-state index in [0.29, 0.717) is 0 Å². The van der Waals surface area contributed by atoms with Crippen LogP contribution in [0.15, 0.2) is 12.1 Å². The molecule has 2 aliphatic rings. The Morgan fingerprint density at radius 3 is 1.56 bits per heavy atom. The summed E-state index contributed by atoms with van der Waals surface area (Å²) in [4.78, 5) is 0. The molecule has 0 amide bonds. The minimum absolute atomic E-state index is 0. The van der Waals surface area contributed by atoms with Gasteiger partial charge in [-0.3, -0.25) is 0 Å². The molecule has 0 aliphatic heterocycles. The van der Waals surface area contributed by atoms with Gasteiger partial charge in [-0.25, -0.2) is 0 Å². The van der Waals surface area contributed by atoms with Gasteiger partial charge in [-0.05, 0) is 36.1 Å². The van der Waals surface area contributed by atoms with E-state index in [9.17, 15) is 0 Å². The second-order valence-electron chi connectivity index (χ2n) is 2.49. The lowest BCUT2D eigenvalue weighted by atomic mass is 9.82. The standard InChI is InChI=1S/C8H8.H2S/c1-5-3-7-4-6(2)8(5)7;/h3-4H,1-2H3;1H2. The molecule has 0 atom stereocenters. The lowest BCUT2D eigenvalue weighted by molar-refractivity contribution is 1.30. The minimum atomic E-state index is 0. The van der Waals surface area contributed by atoms with Crippen molar-refractivity contribution in [2.24, 2.45) is 0 Å². The van der Waals surface area contributed by atoms with E-state index in [1.165, 1.54) is 22.3 Å². The predicted octanol–water partition coefficient (Wildman–Crippen LogP) is 2.40. The first kappa shape index (κ1) is 6.69. The van der Waals surface area contributed by atoms with Gasteiger partial charge < -0.3 is 0 Å². The van der Waals surface area contributed by atoms with E-state index in [2.05, 4.69) is 26.0 Å². The van der Waals surface area contributed by atoms with Crippen molar-refractivity contribution in [3.8, 4) is 11.1 Å². The van der Waals surface area contributed by atoms with Gasteiger partial charge in [0, 0.05) is 0 Å². The highest BCUT2D eigenvalue weighted by Gasteiger charge is 2.16. The van der Waals surface area contributed by atoms with E-state index >= 15 is 0 Å². The summed E-state index contributed by atoms with van der Waals surface area (Å²) in [6.07, 6.45) is 0. The summed E-state index contributed by atoms with van der Waals surface area (Å²) in [6, 6.07) is 4.45. The van der Waals surface area contributed by atoms with Crippen molar-refractivity contribution in [3.05, 3.63) is 23.3 Å². The zero-order chi connectivity index (χ0) is 5.72. The lowest BCUT2D eigenvalue weighted by Gasteiger charge is -2.22. The predicted molar refractivity (Wildman–Crippen MR) is 45.3 cm³/mol. The molecular weight excluding hydrogens is 128 g/mol. The Labute approximate surface area is 62.3 Å². The fourth-order valence-electron chi connectivity index (χ4n) is 1.41. The summed E-state index contributed by atoms with van der Waals surface area (Å²) in [5.41, 5.74) is 5.89. The molecule has 0 unspecified atom stereocenters. The monoisotopic (exact) mass is 138 g/mol. The summed E-state index contributed by atoms with van der Waals surface area (Å²) in [5.74, 6) is 0. The van der Waals surface area contributed by atoms with Gasteiger partial charge in [0.15, 0.2) is 0 Å². The Balaban J connectivity index is 0.000000405. The van der Waals surface area contributed by atoms with Crippen LogP contribution >= 0.6 is 13.5 Å². The molecule has 0 aromatic heterocycles. The van der Waals surface area contributed by atoms with Gasteiger partial charge in [0.25, 0.3) is 0 Å². The van der Waals surface area contributed by atoms with E-state index in [4.69, 9.17) is 0 Å². The first-order chi connectivity index (χ1) is 3.79. The smallest absolute Gasteiger partial charge is 0.0125 e. The third kappa shape index (κ3) is 0.613. The van der Waals surface area contributed by atoms with E-state index in [-0.39, 0.29) is 13.5 Å². The number of aryl methyl sites for hydroxylation is 2. The molecule has 0 aromatic rings. The second kappa shape index (κ2) is 1.77. The Kier molecular flexibility index (Phi) is 1.32. The Hall–Kier alpha value is -0.430. The normalized spacial score (nSPS) is 10.4. The summed E-state index contributed by atoms with van der Waals surface area (Å²) in [5, 5.41) is 0. The molecule has 1 heteroatoms. The van der Waals surface area contributed by atoms with Crippen LogP contribution in [-0.2, 0) is 0 Å². The number of hydrogen-bond donors (Lipinski definition) is 0. The fourth-order valence-corrected chi connectivity index (χ4v) is 1.41. The highest BCUT2D eigenvalue weighted by atomic mass is 32.1. The summed E-state index contributed by atoms with van der Waals surface area (Å²) in [7, 11) is 0. The highest BCUT2D eigenvalue weighted by molar-refractivity contribution is 7.59. The van der Waals surface area contributed by atoms with E-state index in [0.717, 1.165) is 0 Å². The highest BCUT2D eigenvalue weighted by Crippen LogP contribution is 2.39. The molecule has 0 heterocycles. The number of rotatable bonds is 0. The van der Waals surface area contributed by atoms with Crippen molar-refractivity contribution in [3.63, 3.8) is 0 Å². The van der Waals surface area contributed by atoms with Crippen LogP contribution in [0.1, 0.15) is 11.1 Å². The van der Waals surface area contributed by atoms with Gasteiger partial charge in [0.1, 0.15) is 0 Å². The molecule has 48 valence electrons. The van der Waals surface area contributed by atoms with Crippen molar-refractivity contribution in [1.29, 1.82) is 0 Å². The van der Waals surface area contributed by atoms with Gasteiger partial charge in [0.2, 0.25) is 0 Å². The maximum absolute atomic E-state index is 2.22. The lowest BCUT2D eigenvalue weighted by Crippen LogP contribution is -1.99. The van der Waals surface area contributed by atoms with Crippen molar-refractivity contribution in [1.82, 2.24) is 0 Å². The molecule has 0 bridgehead atoms. The fraction of sp³-hybridized carbons (Fsp3) is 0.250. The largest absolute Gasteiger partial charge is 0.197 e. The first-order valence-electron chi connectivity index (χ1n) is 2.90. The molecule has 0 aromatic carbocycles. The quantitative estimate of drug-likeness (QED) is 0.524. The second-order valence-corrected chi connectivity index (χ2v) is 2.49. The summed E-state index contributed by atoms with van der Waals surface area (Å²) >= 11 is 0. The molecule has 2 aliphatic carbocycles. The maximum Gasteiger partial charge on any atom is -0.0125 e. The molecule has 0 fully saturated rings.